The summed E-state index contributed by atoms with van der Waals surface area (Å²) >= 11 is 0. The van der Waals surface area contributed by atoms with E-state index in [0.29, 0.717) is 35.6 Å². The van der Waals surface area contributed by atoms with E-state index >= 15 is 0 Å². The van der Waals surface area contributed by atoms with Gasteiger partial charge >= 0.3 is 5.97 Å². The molecule has 0 bridgehead atoms. The lowest BCUT2D eigenvalue weighted by atomic mass is 10.2. The zero-order valence-corrected chi connectivity index (χ0v) is 13.8. The highest BCUT2D eigenvalue weighted by Gasteiger charge is 2.15. The lowest BCUT2D eigenvalue weighted by molar-refractivity contribution is 0.0698. The number of carbonyl (C=O) groups is 1. The highest BCUT2D eigenvalue weighted by atomic mass is 16.4. The zero-order chi connectivity index (χ0) is 17.8. The highest BCUT2D eigenvalue weighted by Crippen LogP contribution is 2.24. The van der Waals surface area contributed by atoms with Crippen LogP contribution >= 0.6 is 0 Å². The number of aliphatic hydroxyl groups excluding tert-OH is 1. The SMILES string of the molecule is CCCC(O)Cn1cnc2c(Nc3ccccc3C(=O)O)ncnc21. The molecule has 1 aromatic carbocycles. The normalized spacial score (nSPS) is 12.2. The largest absolute Gasteiger partial charge is 0.478 e. The van der Waals surface area contributed by atoms with Crippen LogP contribution in [0.2, 0.25) is 0 Å². The molecule has 0 radical (unpaired) electrons. The minimum Gasteiger partial charge on any atom is -0.478 e. The van der Waals surface area contributed by atoms with Crippen LogP contribution < -0.4 is 5.32 Å². The quantitative estimate of drug-likeness (QED) is 0.605. The van der Waals surface area contributed by atoms with Crippen LogP contribution in [0.3, 0.4) is 0 Å². The van der Waals surface area contributed by atoms with E-state index in [1.165, 1.54) is 12.4 Å². The Morgan fingerprint density at radius 2 is 2.08 bits per heavy atom. The molecule has 3 aromatic rings. The van der Waals surface area contributed by atoms with Crippen molar-refractivity contribution in [3.8, 4) is 0 Å². The van der Waals surface area contributed by atoms with Crippen molar-refractivity contribution in [2.24, 2.45) is 0 Å². The van der Waals surface area contributed by atoms with Crippen LogP contribution in [0.25, 0.3) is 11.2 Å². The van der Waals surface area contributed by atoms with Crippen molar-refractivity contribution >= 4 is 28.6 Å². The molecule has 130 valence electrons. The molecule has 25 heavy (non-hydrogen) atoms. The molecule has 0 saturated heterocycles. The van der Waals surface area contributed by atoms with Crippen LogP contribution in [0, 0.1) is 0 Å². The molecular weight excluding hydrogens is 322 g/mol. The summed E-state index contributed by atoms with van der Waals surface area (Å²) < 4.78 is 1.77. The van der Waals surface area contributed by atoms with E-state index in [9.17, 15) is 15.0 Å². The third-order valence-corrected chi connectivity index (χ3v) is 3.84. The third kappa shape index (κ3) is 3.58. The number of anilines is 2. The molecule has 0 aliphatic heterocycles. The molecule has 1 atom stereocenters. The van der Waals surface area contributed by atoms with E-state index < -0.39 is 12.1 Å². The van der Waals surface area contributed by atoms with Crippen LogP contribution in [0.5, 0.6) is 0 Å². The maximum atomic E-state index is 11.3. The maximum absolute atomic E-state index is 11.3. The van der Waals surface area contributed by atoms with Crippen molar-refractivity contribution in [2.75, 3.05) is 5.32 Å². The predicted octanol–water partition coefficient (Wildman–Crippen LogP) is 2.43. The van der Waals surface area contributed by atoms with Gasteiger partial charge in [0.05, 0.1) is 30.2 Å². The van der Waals surface area contributed by atoms with Gasteiger partial charge < -0.3 is 20.1 Å². The van der Waals surface area contributed by atoms with Gasteiger partial charge in [0.2, 0.25) is 0 Å². The van der Waals surface area contributed by atoms with Crippen molar-refractivity contribution in [1.82, 2.24) is 19.5 Å². The Morgan fingerprint density at radius 3 is 2.84 bits per heavy atom. The summed E-state index contributed by atoms with van der Waals surface area (Å²) in [6.45, 7) is 2.41. The number of hydrogen-bond donors (Lipinski definition) is 3. The molecule has 2 aromatic heterocycles. The lowest BCUT2D eigenvalue weighted by Gasteiger charge is -2.11. The summed E-state index contributed by atoms with van der Waals surface area (Å²) in [5.74, 6) is -0.607. The van der Waals surface area contributed by atoms with E-state index in [-0.39, 0.29) is 5.56 Å². The number of nitrogens with one attached hydrogen (secondary N) is 1. The summed E-state index contributed by atoms with van der Waals surface area (Å²) in [5.41, 5.74) is 1.68. The fourth-order valence-electron chi connectivity index (χ4n) is 2.66. The summed E-state index contributed by atoms with van der Waals surface area (Å²) in [4.78, 5) is 24.1. The second-order valence-electron chi connectivity index (χ2n) is 5.71. The van der Waals surface area contributed by atoms with Crippen molar-refractivity contribution < 1.29 is 15.0 Å². The van der Waals surface area contributed by atoms with Crippen LogP contribution in [-0.2, 0) is 6.54 Å². The Balaban J connectivity index is 1.94. The third-order valence-electron chi connectivity index (χ3n) is 3.84. The van der Waals surface area contributed by atoms with Crippen molar-refractivity contribution in [3.63, 3.8) is 0 Å². The number of nitrogens with zero attached hydrogens (tertiary/aromatic N) is 4. The molecule has 3 N–H and O–H groups in total. The highest BCUT2D eigenvalue weighted by molar-refractivity contribution is 5.96. The first-order chi connectivity index (χ1) is 12.1. The fraction of sp³-hybridized carbons (Fsp3) is 0.294. The van der Waals surface area contributed by atoms with Gasteiger partial charge in [0.25, 0.3) is 0 Å². The molecular formula is C17H19N5O3. The van der Waals surface area contributed by atoms with Gasteiger partial charge in [-0.15, -0.1) is 0 Å². The topological polar surface area (TPSA) is 113 Å². The Labute approximate surface area is 144 Å². The van der Waals surface area contributed by atoms with Gasteiger partial charge in [-0.3, -0.25) is 0 Å². The molecule has 0 spiro atoms. The summed E-state index contributed by atoms with van der Waals surface area (Å²) in [5, 5.41) is 22.3. The van der Waals surface area contributed by atoms with Crippen molar-refractivity contribution in [3.05, 3.63) is 42.5 Å². The zero-order valence-electron chi connectivity index (χ0n) is 13.8. The summed E-state index contributed by atoms with van der Waals surface area (Å²) in [7, 11) is 0. The molecule has 0 amide bonds. The van der Waals surface area contributed by atoms with E-state index in [1.807, 2.05) is 6.92 Å². The van der Waals surface area contributed by atoms with Gasteiger partial charge in [-0.2, -0.15) is 0 Å². The van der Waals surface area contributed by atoms with Gasteiger partial charge in [0.1, 0.15) is 6.33 Å². The summed E-state index contributed by atoms with van der Waals surface area (Å²) in [6, 6.07) is 6.59. The van der Waals surface area contributed by atoms with E-state index in [1.54, 1.807) is 29.1 Å². The number of aromatic nitrogens is 4. The van der Waals surface area contributed by atoms with Gasteiger partial charge in [0, 0.05) is 0 Å². The number of carboxylic acids is 1. The first kappa shape index (κ1) is 16.8. The average Bonchev–Trinajstić information content (AvgIpc) is 2.99. The first-order valence-electron chi connectivity index (χ1n) is 8.03. The van der Waals surface area contributed by atoms with Gasteiger partial charge in [-0.05, 0) is 18.6 Å². The standard InChI is InChI=1S/C17H19N5O3/c1-2-5-11(23)8-22-10-20-14-15(18-9-19-16(14)22)21-13-7-4-3-6-12(13)17(24)25/h3-4,6-7,9-11,23H,2,5,8H2,1H3,(H,24,25)(H,18,19,21). The van der Waals surface area contributed by atoms with Crippen LogP contribution in [0.4, 0.5) is 11.5 Å². The molecule has 3 rings (SSSR count). The molecule has 2 heterocycles. The minimum atomic E-state index is -1.03. The Hall–Kier alpha value is -3.00. The number of carboxylic acid groups (broad SMARTS) is 1. The molecule has 8 heteroatoms. The number of hydrogen-bond acceptors (Lipinski definition) is 6. The molecule has 0 aliphatic rings. The first-order valence-corrected chi connectivity index (χ1v) is 8.03. The number of aliphatic hydroxyl groups is 1. The number of para-hydroxylation sites is 1. The minimum absolute atomic E-state index is 0.145. The van der Waals surface area contributed by atoms with E-state index in [4.69, 9.17) is 0 Å². The molecule has 1 unspecified atom stereocenters. The number of benzene rings is 1. The van der Waals surface area contributed by atoms with Crippen LogP contribution in [0.1, 0.15) is 30.1 Å². The van der Waals surface area contributed by atoms with Crippen LogP contribution in [0.15, 0.2) is 36.9 Å². The lowest BCUT2D eigenvalue weighted by Crippen LogP contribution is -2.15. The predicted molar refractivity (Wildman–Crippen MR) is 92.9 cm³/mol. The van der Waals surface area contributed by atoms with Gasteiger partial charge in [-0.25, -0.2) is 19.7 Å². The number of imidazole rings is 1. The Morgan fingerprint density at radius 1 is 1.28 bits per heavy atom. The summed E-state index contributed by atoms with van der Waals surface area (Å²) in [6.07, 6.45) is 4.11. The maximum Gasteiger partial charge on any atom is 0.337 e. The average molecular weight is 341 g/mol. The molecule has 0 aliphatic carbocycles. The number of rotatable bonds is 7. The smallest absolute Gasteiger partial charge is 0.337 e. The van der Waals surface area contributed by atoms with Gasteiger partial charge in [0.15, 0.2) is 17.0 Å². The molecule has 8 nitrogen and oxygen atoms in total. The number of fused-ring (bicyclic) bond motifs is 1. The monoisotopic (exact) mass is 341 g/mol. The van der Waals surface area contributed by atoms with Gasteiger partial charge in [-0.1, -0.05) is 25.5 Å². The van der Waals surface area contributed by atoms with E-state index in [0.717, 1.165) is 6.42 Å². The fourth-order valence-corrected chi connectivity index (χ4v) is 2.66. The second kappa shape index (κ2) is 7.27. The Bertz CT molecular complexity index is 893. The van der Waals surface area contributed by atoms with E-state index in [2.05, 4.69) is 20.3 Å². The van der Waals surface area contributed by atoms with Crippen molar-refractivity contribution in [2.45, 2.75) is 32.4 Å². The molecule has 0 saturated carbocycles. The second-order valence-corrected chi connectivity index (χ2v) is 5.71. The molecule has 0 fully saturated rings. The van der Waals surface area contributed by atoms with Crippen LogP contribution in [-0.4, -0.2) is 41.8 Å². The number of aromatic carboxylic acids is 1. The van der Waals surface area contributed by atoms with Crippen molar-refractivity contribution in [1.29, 1.82) is 0 Å². The Kier molecular flexibility index (Phi) is 4.90.